The number of hydrogen-bond acceptors (Lipinski definition) is 7. The summed E-state index contributed by atoms with van der Waals surface area (Å²) in [4.78, 5) is 10.5. The van der Waals surface area contributed by atoms with E-state index >= 15 is 0 Å². The third-order valence-corrected chi connectivity index (χ3v) is 7.57. The molecule has 7 nitrogen and oxygen atoms in total. The van der Waals surface area contributed by atoms with E-state index in [1.165, 1.54) is 28.0 Å². The minimum absolute atomic E-state index is 0.0659. The van der Waals surface area contributed by atoms with E-state index in [1.54, 1.807) is 18.4 Å². The third kappa shape index (κ3) is 4.16. The van der Waals surface area contributed by atoms with Gasteiger partial charge in [0.2, 0.25) is 16.7 Å². The van der Waals surface area contributed by atoms with Gasteiger partial charge >= 0.3 is 0 Å². The molecular formula is C25H21ClFN5O2S. The minimum atomic E-state index is -0.239. The first-order valence-corrected chi connectivity index (χ1v) is 12.4. The van der Waals surface area contributed by atoms with Gasteiger partial charge < -0.3 is 14.4 Å². The molecule has 1 N–H and O–H groups in total. The number of nitrogens with zero attached hydrogens (tertiary/aromatic N) is 5. The largest absolute Gasteiger partial charge is 0.492 e. The van der Waals surface area contributed by atoms with Gasteiger partial charge in [-0.15, -0.1) is 5.10 Å². The number of fused-ring (bicyclic) bond motifs is 1. The van der Waals surface area contributed by atoms with Crippen molar-refractivity contribution in [3.8, 4) is 17.5 Å². The van der Waals surface area contributed by atoms with Crippen LogP contribution < -0.4 is 4.90 Å². The molecule has 1 aliphatic heterocycles. The second-order valence-corrected chi connectivity index (χ2v) is 9.80. The summed E-state index contributed by atoms with van der Waals surface area (Å²) in [5.41, 5.74) is 2.02. The van der Waals surface area contributed by atoms with Crippen LogP contribution in [0, 0.1) is 5.82 Å². The maximum Gasteiger partial charge on any atom is 0.230 e. The fraction of sp³-hybridized carbons (Fsp3) is 0.200. The van der Waals surface area contributed by atoms with Gasteiger partial charge in [0.1, 0.15) is 5.82 Å². The molecule has 4 heterocycles. The number of furan rings is 1. The van der Waals surface area contributed by atoms with Gasteiger partial charge in [0.05, 0.1) is 17.2 Å². The Labute approximate surface area is 209 Å². The van der Waals surface area contributed by atoms with Crippen LogP contribution in [-0.4, -0.2) is 50.8 Å². The molecule has 5 aromatic rings. The molecule has 2 aromatic carbocycles. The number of thiazole rings is 1. The van der Waals surface area contributed by atoms with Crippen molar-refractivity contribution in [3.05, 3.63) is 88.2 Å². The summed E-state index contributed by atoms with van der Waals surface area (Å²) >= 11 is 7.57. The molecule has 35 heavy (non-hydrogen) atoms. The van der Waals surface area contributed by atoms with Crippen LogP contribution in [0.15, 0.2) is 71.3 Å². The van der Waals surface area contributed by atoms with E-state index < -0.39 is 0 Å². The summed E-state index contributed by atoms with van der Waals surface area (Å²) in [6.07, 6.45) is 1.57. The summed E-state index contributed by atoms with van der Waals surface area (Å²) < 4.78 is 20.2. The van der Waals surface area contributed by atoms with Crippen molar-refractivity contribution < 1.29 is 13.9 Å². The molecule has 1 atom stereocenters. The highest BCUT2D eigenvalue weighted by Crippen LogP contribution is 2.41. The average molecular weight is 510 g/mol. The standard InChI is InChI=1S/C25H21ClFN5O2S/c26-17-5-3-16(4-6-17)21(31-13-11-30(12-14-31)19-9-7-18(27)8-10-19)22-24(33)32-25(35-22)28-23(29-32)20-2-1-15-34-20/h1-10,15,21,33H,11-14H2. The molecule has 6 rings (SSSR count). The van der Waals surface area contributed by atoms with E-state index in [0.717, 1.165) is 42.3 Å². The van der Waals surface area contributed by atoms with Gasteiger partial charge in [0.15, 0.2) is 5.76 Å². The van der Waals surface area contributed by atoms with Crippen LogP contribution in [-0.2, 0) is 0 Å². The molecule has 1 fully saturated rings. The van der Waals surface area contributed by atoms with Crippen LogP contribution in [0.3, 0.4) is 0 Å². The Morgan fingerprint density at radius 1 is 1.00 bits per heavy atom. The summed E-state index contributed by atoms with van der Waals surface area (Å²) in [5, 5.41) is 16.3. The lowest BCUT2D eigenvalue weighted by Gasteiger charge is -2.40. The Morgan fingerprint density at radius 3 is 2.40 bits per heavy atom. The molecule has 178 valence electrons. The number of benzene rings is 2. The number of rotatable bonds is 5. The molecule has 1 aliphatic rings. The maximum absolute atomic E-state index is 13.4. The van der Waals surface area contributed by atoms with Crippen molar-refractivity contribution >= 4 is 33.6 Å². The quantitative estimate of drug-likeness (QED) is 0.339. The van der Waals surface area contributed by atoms with Gasteiger partial charge in [-0.3, -0.25) is 4.90 Å². The molecule has 1 saturated heterocycles. The first-order valence-electron chi connectivity index (χ1n) is 11.2. The summed E-state index contributed by atoms with van der Waals surface area (Å²) in [5.74, 6) is 0.806. The number of hydrogen-bond donors (Lipinski definition) is 1. The zero-order valence-electron chi connectivity index (χ0n) is 18.5. The molecule has 10 heteroatoms. The molecule has 0 aliphatic carbocycles. The Kier molecular flexibility index (Phi) is 5.68. The van der Waals surface area contributed by atoms with Crippen LogP contribution in [0.25, 0.3) is 16.5 Å². The average Bonchev–Trinajstić information content (AvgIpc) is 3.61. The first-order chi connectivity index (χ1) is 17.1. The number of anilines is 1. The lowest BCUT2D eigenvalue weighted by atomic mass is 10.0. The van der Waals surface area contributed by atoms with E-state index in [1.807, 2.05) is 36.4 Å². The van der Waals surface area contributed by atoms with E-state index in [-0.39, 0.29) is 17.7 Å². The van der Waals surface area contributed by atoms with Crippen LogP contribution in [0.5, 0.6) is 5.88 Å². The van der Waals surface area contributed by atoms with Crippen LogP contribution in [0.4, 0.5) is 10.1 Å². The summed E-state index contributed by atoms with van der Waals surface area (Å²) in [6, 6.07) is 17.7. The molecule has 1 unspecified atom stereocenters. The Bertz CT molecular complexity index is 1440. The molecule has 0 spiro atoms. The van der Waals surface area contributed by atoms with Crippen molar-refractivity contribution in [2.75, 3.05) is 31.1 Å². The SMILES string of the molecule is Oc1c(C(c2ccc(Cl)cc2)N2CCN(c3ccc(F)cc3)CC2)sc2nc(-c3ccco3)nn12. The predicted molar refractivity (Wildman–Crippen MR) is 134 cm³/mol. The van der Waals surface area contributed by atoms with Crippen LogP contribution in [0.1, 0.15) is 16.5 Å². The number of aromatic nitrogens is 3. The van der Waals surface area contributed by atoms with Gasteiger partial charge in [-0.1, -0.05) is 35.1 Å². The zero-order chi connectivity index (χ0) is 23.9. The van der Waals surface area contributed by atoms with Crippen molar-refractivity contribution in [2.24, 2.45) is 0 Å². The molecule has 0 amide bonds. The second kappa shape index (κ2) is 8.99. The second-order valence-electron chi connectivity index (χ2n) is 8.35. The van der Waals surface area contributed by atoms with Crippen molar-refractivity contribution in [1.82, 2.24) is 19.5 Å². The molecule has 0 saturated carbocycles. The Balaban J connectivity index is 1.33. The minimum Gasteiger partial charge on any atom is -0.492 e. The number of piperazine rings is 1. The Hall–Kier alpha value is -3.40. The highest BCUT2D eigenvalue weighted by molar-refractivity contribution is 7.17. The fourth-order valence-corrected chi connectivity index (χ4v) is 5.74. The summed E-state index contributed by atoms with van der Waals surface area (Å²) in [6.45, 7) is 3.07. The lowest BCUT2D eigenvalue weighted by molar-refractivity contribution is 0.211. The smallest absolute Gasteiger partial charge is 0.230 e. The van der Waals surface area contributed by atoms with Crippen molar-refractivity contribution in [1.29, 1.82) is 0 Å². The van der Waals surface area contributed by atoms with E-state index in [0.29, 0.717) is 21.6 Å². The highest BCUT2D eigenvalue weighted by Gasteiger charge is 2.32. The molecular weight excluding hydrogens is 489 g/mol. The lowest BCUT2D eigenvalue weighted by Crippen LogP contribution is -2.47. The van der Waals surface area contributed by atoms with Crippen molar-refractivity contribution in [2.45, 2.75) is 6.04 Å². The van der Waals surface area contributed by atoms with Gasteiger partial charge in [-0.2, -0.15) is 9.50 Å². The number of halogens is 2. The van der Waals surface area contributed by atoms with E-state index in [4.69, 9.17) is 16.0 Å². The first kappa shape index (κ1) is 22.1. The third-order valence-electron chi connectivity index (χ3n) is 6.25. The van der Waals surface area contributed by atoms with Gasteiger partial charge in [-0.05, 0) is 54.1 Å². The fourth-order valence-electron chi connectivity index (χ4n) is 4.50. The van der Waals surface area contributed by atoms with Crippen LogP contribution in [0.2, 0.25) is 5.02 Å². The van der Waals surface area contributed by atoms with Gasteiger partial charge in [-0.25, -0.2) is 4.39 Å². The predicted octanol–water partition coefficient (Wildman–Crippen LogP) is 5.46. The molecule has 0 radical (unpaired) electrons. The van der Waals surface area contributed by atoms with Gasteiger partial charge in [0.25, 0.3) is 0 Å². The monoisotopic (exact) mass is 509 g/mol. The normalized spacial score (nSPS) is 15.7. The highest BCUT2D eigenvalue weighted by atomic mass is 35.5. The topological polar surface area (TPSA) is 70.0 Å². The van der Waals surface area contributed by atoms with Crippen molar-refractivity contribution in [3.63, 3.8) is 0 Å². The van der Waals surface area contributed by atoms with E-state index in [2.05, 4.69) is 19.9 Å². The Morgan fingerprint density at radius 2 is 1.74 bits per heavy atom. The maximum atomic E-state index is 13.4. The van der Waals surface area contributed by atoms with E-state index in [9.17, 15) is 9.50 Å². The molecule has 3 aromatic heterocycles. The van der Waals surface area contributed by atoms with Crippen LogP contribution >= 0.6 is 22.9 Å². The number of aromatic hydroxyl groups is 1. The van der Waals surface area contributed by atoms with Gasteiger partial charge in [0, 0.05) is 36.9 Å². The summed E-state index contributed by atoms with van der Waals surface area (Å²) in [7, 11) is 0. The molecule has 0 bridgehead atoms. The zero-order valence-corrected chi connectivity index (χ0v) is 20.1.